The number of esters is 3. The Hall–Kier alpha value is -3.62. The molecule has 2 heterocycles. The summed E-state index contributed by atoms with van der Waals surface area (Å²) in [5, 5.41) is 0. The van der Waals surface area contributed by atoms with E-state index in [1.165, 1.54) is 27.0 Å². The van der Waals surface area contributed by atoms with Crippen LogP contribution < -0.4 is 0 Å². The van der Waals surface area contributed by atoms with E-state index < -0.39 is 36.2 Å². The van der Waals surface area contributed by atoms with E-state index in [0.717, 1.165) is 0 Å². The lowest BCUT2D eigenvalue weighted by Crippen LogP contribution is -2.39. The van der Waals surface area contributed by atoms with Gasteiger partial charge in [-0.15, -0.1) is 0 Å². The summed E-state index contributed by atoms with van der Waals surface area (Å²) >= 11 is 0. The van der Waals surface area contributed by atoms with Crippen LogP contribution in [-0.4, -0.2) is 49.7 Å². The highest BCUT2D eigenvalue weighted by Crippen LogP contribution is 2.35. The Morgan fingerprint density at radius 1 is 1.07 bits per heavy atom. The minimum Gasteiger partial charge on any atom is -0.467 e. The van der Waals surface area contributed by atoms with Crippen molar-refractivity contribution in [2.45, 2.75) is 32.1 Å². The van der Waals surface area contributed by atoms with Crippen molar-refractivity contribution in [3.8, 4) is 0 Å². The molecule has 1 aliphatic rings. The standard InChI is InChI=1S/C21H21NO8/c1-12(23)27-11-17(28-13(2)24)19-18(15-9-10-16(29-15)21(25)26-3)22-20(30-19)14-7-5-4-6-8-14/h4-10,17-19H,11H2,1-3H3/t17-,18+,19-/m1/s1. The van der Waals surface area contributed by atoms with Crippen LogP contribution in [-0.2, 0) is 28.5 Å². The van der Waals surface area contributed by atoms with E-state index >= 15 is 0 Å². The van der Waals surface area contributed by atoms with Gasteiger partial charge in [0.2, 0.25) is 11.7 Å². The van der Waals surface area contributed by atoms with Crippen molar-refractivity contribution in [1.29, 1.82) is 0 Å². The molecule has 0 radical (unpaired) electrons. The number of rotatable bonds is 7. The number of methoxy groups -OCH3 is 1. The molecule has 0 amide bonds. The normalized spacial score (nSPS) is 18.7. The second kappa shape index (κ2) is 9.25. The summed E-state index contributed by atoms with van der Waals surface area (Å²) in [6, 6.07) is 11.4. The molecule has 3 rings (SSSR count). The van der Waals surface area contributed by atoms with Crippen molar-refractivity contribution < 1.29 is 37.7 Å². The largest absolute Gasteiger partial charge is 0.467 e. The molecule has 0 unspecified atom stereocenters. The molecule has 158 valence electrons. The Kier molecular flexibility index (Phi) is 6.51. The second-order valence-electron chi connectivity index (χ2n) is 6.47. The molecule has 30 heavy (non-hydrogen) atoms. The van der Waals surface area contributed by atoms with Crippen LogP contribution in [0, 0.1) is 0 Å². The maximum atomic E-state index is 11.8. The van der Waals surface area contributed by atoms with E-state index in [1.54, 1.807) is 6.07 Å². The molecule has 1 aromatic carbocycles. The number of carbonyl (C=O) groups excluding carboxylic acids is 3. The Labute approximate surface area is 172 Å². The first-order valence-electron chi connectivity index (χ1n) is 9.17. The minimum atomic E-state index is -0.951. The van der Waals surface area contributed by atoms with Gasteiger partial charge in [-0.1, -0.05) is 18.2 Å². The fourth-order valence-electron chi connectivity index (χ4n) is 2.98. The molecule has 0 aliphatic carbocycles. The van der Waals surface area contributed by atoms with Gasteiger partial charge in [0.25, 0.3) is 0 Å². The monoisotopic (exact) mass is 415 g/mol. The first-order chi connectivity index (χ1) is 14.4. The number of furan rings is 1. The molecule has 0 saturated carbocycles. The minimum absolute atomic E-state index is 0.00127. The van der Waals surface area contributed by atoms with Crippen LogP contribution in [0.3, 0.4) is 0 Å². The molecule has 0 bridgehead atoms. The van der Waals surface area contributed by atoms with Gasteiger partial charge in [0.15, 0.2) is 18.2 Å². The Morgan fingerprint density at radius 2 is 1.80 bits per heavy atom. The van der Waals surface area contributed by atoms with Crippen LogP contribution in [0.1, 0.15) is 41.8 Å². The Morgan fingerprint density at radius 3 is 2.43 bits per heavy atom. The van der Waals surface area contributed by atoms with E-state index in [4.69, 9.17) is 18.6 Å². The zero-order chi connectivity index (χ0) is 21.7. The second-order valence-corrected chi connectivity index (χ2v) is 6.47. The lowest BCUT2D eigenvalue weighted by Gasteiger charge is -2.25. The van der Waals surface area contributed by atoms with E-state index in [0.29, 0.717) is 17.2 Å². The van der Waals surface area contributed by atoms with Gasteiger partial charge in [-0.3, -0.25) is 9.59 Å². The average molecular weight is 415 g/mol. The van der Waals surface area contributed by atoms with Gasteiger partial charge in [0.05, 0.1) is 7.11 Å². The molecule has 9 nitrogen and oxygen atoms in total. The van der Waals surface area contributed by atoms with Crippen molar-refractivity contribution >= 4 is 23.8 Å². The third kappa shape index (κ3) is 4.86. The molecule has 2 aromatic rings. The molecule has 0 saturated heterocycles. The lowest BCUT2D eigenvalue weighted by molar-refractivity contribution is -0.162. The molecule has 1 aromatic heterocycles. The van der Waals surface area contributed by atoms with Crippen molar-refractivity contribution in [2.24, 2.45) is 4.99 Å². The summed E-state index contributed by atoms with van der Waals surface area (Å²) in [6.07, 6.45) is -1.80. The first kappa shape index (κ1) is 21.1. The van der Waals surface area contributed by atoms with E-state index in [1.807, 2.05) is 30.3 Å². The smallest absolute Gasteiger partial charge is 0.373 e. The third-order valence-corrected chi connectivity index (χ3v) is 4.28. The van der Waals surface area contributed by atoms with Gasteiger partial charge in [-0.2, -0.15) is 0 Å². The third-order valence-electron chi connectivity index (χ3n) is 4.28. The molecule has 3 atom stereocenters. The van der Waals surface area contributed by atoms with Gasteiger partial charge in [0, 0.05) is 19.4 Å². The fraction of sp³-hybridized carbons (Fsp3) is 0.333. The molecule has 9 heteroatoms. The van der Waals surface area contributed by atoms with E-state index in [2.05, 4.69) is 9.73 Å². The van der Waals surface area contributed by atoms with Crippen molar-refractivity contribution in [3.63, 3.8) is 0 Å². The molecule has 1 aliphatic heterocycles. The van der Waals surface area contributed by atoms with Crippen LogP contribution in [0.25, 0.3) is 0 Å². The first-order valence-corrected chi connectivity index (χ1v) is 9.17. The van der Waals surface area contributed by atoms with Crippen LogP contribution in [0.4, 0.5) is 0 Å². The summed E-state index contributed by atoms with van der Waals surface area (Å²) in [5.74, 6) is -1.12. The Bertz CT molecular complexity index is 949. The van der Waals surface area contributed by atoms with Gasteiger partial charge in [-0.25, -0.2) is 9.79 Å². The summed E-state index contributed by atoms with van der Waals surface area (Å²) in [4.78, 5) is 39.3. The number of carbonyl (C=O) groups is 3. The zero-order valence-electron chi connectivity index (χ0n) is 16.7. The predicted octanol–water partition coefficient (Wildman–Crippen LogP) is 2.45. The van der Waals surface area contributed by atoms with Crippen molar-refractivity contribution in [2.75, 3.05) is 13.7 Å². The van der Waals surface area contributed by atoms with E-state index in [9.17, 15) is 14.4 Å². The number of aliphatic imine (C=N–C) groups is 1. The van der Waals surface area contributed by atoms with Gasteiger partial charge in [0.1, 0.15) is 12.4 Å². The Balaban J connectivity index is 1.96. The quantitative estimate of drug-likeness (QED) is 0.500. The number of benzene rings is 1. The molecule has 0 spiro atoms. The molecular formula is C21H21NO8. The maximum Gasteiger partial charge on any atom is 0.373 e. The van der Waals surface area contributed by atoms with Gasteiger partial charge >= 0.3 is 17.9 Å². The molecular weight excluding hydrogens is 394 g/mol. The summed E-state index contributed by atoms with van der Waals surface area (Å²) in [5.41, 5.74) is 0.707. The van der Waals surface area contributed by atoms with Crippen LogP contribution in [0.15, 0.2) is 51.9 Å². The van der Waals surface area contributed by atoms with Crippen LogP contribution in [0.2, 0.25) is 0 Å². The molecule has 0 N–H and O–H groups in total. The SMILES string of the molecule is COC(=O)c1ccc([C@@H]2N=C(c3ccccc3)O[C@@H]2[C@@H](COC(C)=O)OC(C)=O)o1. The number of hydrogen-bond donors (Lipinski definition) is 0. The number of ether oxygens (including phenoxy) is 4. The average Bonchev–Trinajstić information content (AvgIpc) is 3.38. The van der Waals surface area contributed by atoms with Gasteiger partial charge < -0.3 is 23.4 Å². The highest BCUT2D eigenvalue weighted by molar-refractivity contribution is 5.95. The van der Waals surface area contributed by atoms with Crippen LogP contribution in [0.5, 0.6) is 0 Å². The fourth-order valence-corrected chi connectivity index (χ4v) is 2.98. The number of nitrogens with zero attached hydrogens (tertiary/aromatic N) is 1. The summed E-state index contributed by atoms with van der Waals surface area (Å²) in [7, 11) is 1.24. The van der Waals surface area contributed by atoms with Crippen molar-refractivity contribution in [1.82, 2.24) is 0 Å². The van der Waals surface area contributed by atoms with E-state index in [-0.39, 0.29) is 12.4 Å². The van der Waals surface area contributed by atoms with Crippen molar-refractivity contribution in [3.05, 3.63) is 59.5 Å². The number of hydrogen-bond acceptors (Lipinski definition) is 9. The maximum absolute atomic E-state index is 11.8. The topological polar surface area (TPSA) is 114 Å². The summed E-state index contributed by atoms with van der Waals surface area (Å²) < 4.78 is 26.7. The van der Waals surface area contributed by atoms with Gasteiger partial charge in [-0.05, 0) is 24.3 Å². The highest BCUT2D eigenvalue weighted by Gasteiger charge is 2.43. The summed E-state index contributed by atoms with van der Waals surface area (Å²) in [6.45, 7) is 2.27. The van der Waals surface area contributed by atoms with Crippen LogP contribution >= 0.6 is 0 Å². The highest BCUT2D eigenvalue weighted by atomic mass is 16.6. The lowest BCUT2D eigenvalue weighted by atomic mass is 10.0. The predicted molar refractivity (Wildman–Crippen MR) is 103 cm³/mol. The molecule has 0 fully saturated rings. The zero-order valence-corrected chi connectivity index (χ0v) is 16.7.